The lowest BCUT2D eigenvalue weighted by Gasteiger charge is -2.15. The number of hydrogen-bond acceptors (Lipinski definition) is 2. The van der Waals surface area contributed by atoms with Gasteiger partial charge in [-0.15, -0.1) is 0 Å². The maximum atomic E-state index is 6.01. The Labute approximate surface area is 129 Å². The molecule has 0 bridgehead atoms. The molecule has 0 fully saturated rings. The van der Waals surface area contributed by atoms with Crippen LogP contribution in [-0.4, -0.2) is 0 Å². The predicted octanol–water partition coefficient (Wildman–Crippen LogP) is 4.66. The zero-order valence-corrected chi connectivity index (χ0v) is 13.7. The van der Waals surface area contributed by atoms with Crippen LogP contribution in [0.1, 0.15) is 35.2 Å². The van der Waals surface area contributed by atoms with E-state index in [-0.39, 0.29) is 6.04 Å². The second-order valence-electron chi connectivity index (χ2n) is 5.19. The lowest BCUT2D eigenvalue weighted by atomic mass is 10.1. The molecule has 2 rings (SSSR count). The molecule has 0 heterocycles. The van der Waals surface area contributed by atoms with E-state index in [9.17, 15) is 0 Å². The molecule has 0 aliphatic rings. The molecule has 20 heavy (non-hydrogen) atoms. The summed E-state index contributed by atoms with van der Waals surface area (Å²) in [4.78, 5) is 0. The summed E-state index contributed by atoms with van der Waals surface area (Å²) in [5.41, 5.74) is 10.7. The molecule has 0 saturated heterocycles. The molecule has 0 aromatic heterocycles. The third kappa shape index (κ3) is 3.62. The van der Waals surface area contributed by atoms with Crippen LogP contribution in [0.2, 0.25) is 0 Å². The van der Waals surface area contributed by atoms with Crippen molar-refractivity contribution in [3.63, 3.8) is 0 Å². The van der Waals surface area contributed by atoms with Gasteiger partial charge in [0.15, 0.2) is 0 Å². The smallest absolute Gasteiger partial charge is 0.124 e. The summed E-state index contributed by atoms with van der Waals surface area (Å²) in [6, 6.07) is 12.3. The summed E-state index contributed by atoms with van der Waals surface area (Å²) in [7, 11) is 0. The second-order valence-corrected chi connectivity index (χ2v) is 6.11. The highest BCUT2D eigenvalue weighted by Gasteiger charge is 2.09. The molecule has 0 saturated carbocycles. The van der Waals surface area contributed by atoms with Gasteiger partial charge in [-0.3, -0.25) is 0 Å². The van der Waals surface area contributed by atoms with Gasteiger partial charge in [-0.05, 0) is 50.1 Å². The van der Waals surface area contributed by atoms with Gasteiger partial charge in [0.1, 0.15) is 12.4 Å². The topological polar surface area (TPSA) is 35.2 Å². The highest BCUT2D eigenvalue weighted by Crippen LogP contribution is 2.28. The van der Waals surface area contributed by atoms with Crippen LogP contribution in [0, 0.1) is 13.8 Å². The second kappa shape index (κ2) is 6.42. The molecule has 1 atom stereocenters. The minimum Gasteiger partial charge on any atom is -0.489 e. The van der Waals surface area contributed by atoms with E-state index in [0.717, 1.165) is 15.8 Å². The third-order valence-corrected chi connectivity index (χ3v) is 3.84. The molecular formula is C17H20BrNO. The van der Waals surface area contributed by atoms with Gasteiger partial charge in [0, 0.05) is 16.1 Å². The van der Waals surface area contributed by atoms with E-state index < -0.39 is 0 Å². The molecule has 0 unspecified atom stereocenters. The van der Waals surface area contributed by atoms with Crippen molar-refractivity contribution in [1.82, 2.24) is 0 Å². The minimum atomic E-state index is -0.0545. The van der Waals surface area contributed by atoms with Gasteiger partial charge < -0.3 is 10.5 Å². The lowest BCUT2D eigenvalue weighted by molar-refractivity contribution is 0.300. The van der Waals surface area contributed by atoms with E-state index >= 15 is 0 Å². The van der Waals surface area contributed by atoms with E-state index in [1.54, 1.807) is 0 Å². The Bertz CT molecular complexity index is 608. The predicted molar refractivity (Wildman–Crippen MR) is 87.0 cm³/mol. The van der Waals surface area contributed by atoms with Crippen molar-refractivity contribution >= 4 is 15.9 Å². The summed E-state index contributed by atoms with van der Waals surface area (Å²) in [6.45, 7) is 6.73. The normalized spacial score (nSPS) is 12.2. The van der Waals surface area contributed by atoms with Gasteiger partial charge in [-0.1, -0.05) is 39.7 Å². The number of rotatable bonds is 4. The molecule has 106 valence electrons. The summed E-state index contributed by atoms with van der Waals surface area (Å²) in [6.07, 6.45) is 0. The zero-order valence-electron chi connectivity index (χ0n) is 12.1. The van der Waals surface area contributed by atoms with Gasteiger partial charge in [-0.25, -0.2) is 0 Å². The summed E-state index contributed by atoms with van der Waals surface area (Å²) in [5, 5.41) is 0. The monoisotopic (exact) mass is 333 g/mol. The largest absolute Gasteiger partial charge is 0.489 e. The molecular weight excluding hydrogens is 314 g/mol. The van der Waals surface area contributed by atoms with Crippen molar-refractivity contribution in [2.45, 2.75) is 33.4 Å². The summed E-state index contributed by atoms with van der Waals surface area (Å²) >= 11 is 3.47. The Morgan fingerprint density at radius 1 is 1.15 bits per heavy atom. The first-order valence-electron chi connectivity index (χ1n) is 6.71. The summed E-state index contributed by atoms with van der Waals surface area (Å²) < 4.78 is 6.99. The number of nitrogens with two attached hydrogens (primary N) is 1. The van der Waals surface area contributed by atoms with Crippen LogP contribution in [0.3, 0.4) is 0 Å². The van der Waals surface area contributed by atoms with Crippen molar-refractivity contribution in [3.05, 3.63) is 63.1 Å². The van der Waals surface area contributed by atoms with Gasteiger partial charge in [0.05, 0.1) is 0 Å². The number of benzene rings is 2. The zero-order chi connectivity index (χ0) is 14.7. The quantitative estimate of drug-likeness (QED) is 0.882. The average molecular weight is 334 g/mol. The van der Waals surface area contributed by atoms with Crippen molar-refractivity contribution in [2.24, 2.45) is 5.73 Å². The lowest BCUT2D eigenvalue weighted by Crippen LogP contribution is -2.08. The highest BCUT2D eigenvalue weighted by atomic mass is 79.9. The van der Waals surface area contributed by atoms with E-state index in [2.05, 4.69) is 48.0 Å². The summed E-state index contributed by atoms with van der Waals surface area (Å²) in [5.74, 6) is 0.851. The number of aryl methyl sites for hydroxylation is 2. The number of ether oxygens (including phenoxy) is 1. The number of hydrogen-bond donors (Lipinski definition) is 1. The standard InChI is InChI=1S/C17H20BrNO/c1-11-4-5-12(2)14(8-11)10-20-17-7-6-15(18)9-16(17)13(3)19/h4-9,13H,10,19H2,1-3H3/t13-/m0/s1. The molecule has 3 heteroatoms. The molecule has 0 aliphatic heterocycles. The molecule has 0 radical (unpaired) electrons. The number of halogens is 1. The Morgan fingerprint density at radius 3 is 2.60 bits per heavy atom. The van der Waals surface area contributed by atoms with Crippen LogP contribution in [0.5, 0.6) is 5.75 Å². The molecule has 2 aromatic rings. The first-order chi connectivity index (χ1) is 9.47. The minimum absolute atomic E-state index is 0.0545. The fourth-order valence-corrected chi connectivity index (χ4v) is 2.50. The van der Waals surface area contributed by atoms with Crippen LogP contribution >= 0.6 is 15.9 Å². The van der Waals surface area contributed by atoms with Gasteiger partial charge in [-0.2, -0.15) is 0 Å². The van der Waals surface area contributed by atoms with Crippen LogP contribution in [0.15, 0.2) is 40.9 Å². The van der Waals surface area contributed by atoms with Crippen LogP contribution in [-0.2, 0) is 6.61 Å². The van der Waals surface area contributed by atoms with Crippen LogP contribution in [0.4, 0.5) is 0 Å². The van der Waals surface area contributed by atoms with E-state index in [4.69, 9.17) is 10.5 Å². The van der Waals surface area contributed by atoms with Gasteiger partial charge in [0.25, 0.3) is 0 Å². The van der Waals surface area contributed by atoms with Crippen molar-refractivity contribution in [1.29, 1.82) is 0 Å². The van der Waals surface area contributed by atoms with Crippen LogP contribution in [0.25, 0.3) is 0 Å². The maximum Gasteiger partial charge on any atom is 0.124 e. The first-order valence-corrected chi connectivity index (χ1v) is 7.50. The Hall–Kier alpha value is -1.32. The van der Waals surface area contributed by atoms with Gasteiger partial charge in [0.2, 0.25) is 0 Å². The molecule has 0 aliphatic carbocycles. The average Bonchev–Trinajstić information content (AvgIpc) is 2.40. The van der Waals surface area contributed by atoms with E-state index in [1.165, 1.54) is 16.7 Å². The SMILES string of the molecule is Cc1ccc(C)c(COc2ccc(Br)cc2[C@H](C)N)c1. The Balaban J connectivity index is 2.20. The molecule has 2 N–H and O–H groups in total. The van der Waals surface area contributed by atoms with Crippen molar-refractivity contribution in [2.75, 3.05) is 0 Å². The van der Waals surface area contributed by atoms with E-state index in [0.29, 0.717) is 6.61 Å². The van der Waals surface area contributed by atoms with Gasteiger partial charge >= 0.3 is 0 Å². The fourth-order valence-electron chi connectivity index (χ4n) is 2.12. The fraction of sp³-hybridized carbons (Fsp3) is 0.294. The third-order valence-electron chi connectivity index (χ3n) is 3.35. The first kappa shape index (κ1) is 15.1. The van der Waals surface area contributed by atoms with Crippen molar-refractivity contribution in [3.8, 4) is 5.75 Å². The highest BCUT2D eigenvalue weighted by molar-refractivity contribution is 9.10. The molecule has 2 aromatic carbocycles. The Kier molecular flexibility index (Phi) is 4.84. The van der Waals surface area contributed by atoms with E-state index in [1.807, 2.05) is 25.1 Å². The molecule has 0 spiro atoms. The maximum absolute atomic E-state index is 6.01. The van der Waals surface area contributed by atoms with Crippen LogP contribution < -0.4 is 10.5 Å². The van der Waals surface area contributed by atoms with Crippen molar-refractivity contribution < 1.29 is 4.74 Å². The molecule has 2 nitrogen and oxygen atoms in total. The Morgan fingerprint density at radius 2 is 1.90 bits per heavy atom. The molecule has 0 amide bonds.